The molecule has 0 spiro atoms. The number of hydrogen-bond acceptors (Lipinski definition) is 4. The Labute approximate surface area is 113 Å². The van der Waals surface area contributed by atoms with E-state index in [1.807, 2.05) is 6.92 Å². The van der Waals surface area contributed by atoms with Crippen LogP contribution in [0.1, 0.15) is 32.6 Å². The molecule has 0 aromatic carbocycles. The molecule has 110 valence electrons. The monoisotopic (exact) mass is 272 g/mol. The standard InChI is InChI=1S/C13H24N2O4/c1-3-13(4-6-14-7-5-13)12(18)15-9-10(19-2)8-11(16)17/h10,14H,3-9H2,1-2H3,(H,15,18)(H,16,17). The van der Waals surface area contributed by atoms with E-state index in [1.54, 1.807) is 0 Å². The van der Waals surface area contributed by atoms with Gasteiger partial charge in [-0.05, 0) is 32.4 Å². The number of aliphatic carboxylic acids is 1. The van der Waals surface area contributed by atoms with E-state index in [1.165, 1.54) is 7.11 Å². The first kappa shape index (κ1) is 15.9. The lowest BCUT2D eigenvalue weighted by Gasteiger charge is -2.35. The summed E-state index contributed by atoms with van der Waals surface area (Å²) >= 11 is 0. The van der Waals surface area contributed by atoms with Crippen molar-refractivity contribution in [3.63, 3.8) is 0 Å². The van der Waals surface area contributed by atoms with Gasteiger partial charge < -0.3 is 20.5 Å². The lowest BCUT2D eigenvalue weighted by molar-refractivity contribution is -0.140. The van der Waals surface area contributed by atoms with Crippen LogP contribution >= 0.6 is 0 Å². The third-order valence-electron chi connectivity index (χ3n) is 3.95. The number of amides is 1. The number of carbonyl (C=O) groups excluding carboxylic acids is 1. The quantitative estimate of drug-likeness (QED) is 0.623. The maximum Gasteiger partial charge on any atom is 0.306 e. The fraction of sp³-hybridized carbons (Fsp3) is 0.846. The Morgan fingerprint density at radius 2 is 2.05 bits per heavy atom. The zero-order chi connectivity index (χ0) is 14.3. The highest BCUT2D eigenvalue weighted by atomic mass is 16.5. The van der Waals surface area contributed by atoms with Crippen molar-refractivity contribution in [3.05, 3.63) is 0 Å². The van der Waals surface area contributed by atoms with E-state index in [-0.39, 0.29) is 24.3 Å². The van der Waals surface area contributed by atoms with Gasteiger partial charge in [0.2, 0.25) is 5.91 Å². The Balaban J connectivity index is 2.50. The van der Waals surface area contributed by atoms with Gasteiger partial charge >= 0.3 is 5.97 Å². The van der Waals surface area contributed by atoms with Gasteiger partial charge in [0.25, 0.3) is 0 Å². The third-order valence-corrected chi connectivity index (χ3v) is 3.95. The number of methoxy groups -OCH3 is 1. The van der Waals surface area contributed by atoms with Crippen LogP contribution in [-0.4, -0.2) is 49.8 Å². The second-order valence-corrected chi connectivity index (χ2v) is 5.05. The second-order valence-electron chi connectivity index (χ2n) is 5.05. The summed E-state index contributed by atoms with van der Waals surface area (Å²) in [7, 11) is 1.46. The normalized spacial score (nSPS) is 19.7. The summed E-state index contributed by atoms with van der Waals surface area (Å²) in [6, 6.07) is 0. The van der Waals surface area contributed by atoms with E-state index in [9.17, 15) is 9.59 Å². The summed E-state index contributed by atoms with van der Waals surface area (Å²) in [4.78, 5) is 22.9. The molecule has 0 bridgehead atoms. The molecule has 3 N–H and O–H groups in total. The van der Waals surface area contributed by atoms with Gasteiger partial charge in [-0.15, -0.1) is 0 Å². The average molecular weight is 272 g/mol. The van der Waals surface area contributed by atoms with Gasteiger partial charge in [0.05, 0.1) is 17.9 Å². The van der Waals surface area contributed by atoms with Crippen LogP contribution in [0, 0.1) is 5.41 Å². The van der Waals surface area contributed by atoms with Crippen molar-refractivity contribution in [3.8, 4) is 0 Å². The molecular formula is C13H24N2O4. The van der Waals surface area contributed by atoms with E-state index in [4.69, 9.17) is 9.84 Å². The zero-order valence-corrected chi connectivity index (χ0v) is 11.7. The van der Waals surface area contributed by atoms with Crippen LogP contribution in [0.15, 0.2) is 0 Å². The fourth-order valence-electron chi connectivity index (χ4n) is 2.47. The summed E-state index contributed by atoms with van der Waals surface area (Å²) < 4.78 is 5.06. The molecule has 6 nitrogen and oxygen atoms in total. The molecule has 1 rings (SSSR count). The smallest absolute Gasteiger partial charge is 0.306 e. The predicted octanol–water partition coefficient (Wildman–Crippen LogP) is 0.372. The van der Waals surface area contributed by atoms with Crippen molar-refractivity contribution in [2.75, 3.05) is 26.7 Å². The van der Waals surface area contributed by atoms with Gasteiger partial charge in [-0.3, -0.25) is 9.59 Å². The number of ether oxygens (including phenoxy) is 1. The van der Waals surface area contributed by atoms with E-state index >= 15 is 0 Å². The van der Waals surface area contributed by atoms with Crippen molar-refractivity contribution in [2.24, 2.45) is 5.41 Å². The molecule has 1 saturated heterocycles. The van der Waals surface area contributed by atoms with Gasteiger partial charge in [0, 0.05) is 13.7 Å². The van der Waals surface area contributed by atoms with Crippen LogP contribution in [0.3, 0.4) is 0 Å². The van der Waals surface area contributed by atoms with Crippen LogP contribution in [-0.2, 0) is 14.3 Å². The highest BCUT2D eigenvalue weighted by molar-refractivity contribution is 5.82. The molecule has 1 amide bonds. The van der Waals surface area contributed by atoms with E-state index < -0.39 is 12.1 Å². The van der Waals surface area contributed by atoms with Crippen molar-refractivity contribution in [1.29, 1.82) is 0 Å². The number of nitrogens with one attached hydrogen (secondary N) is 2. The Morgan fingerprint density at radius 1 is 1.42 bits per heavy atom. The van der Waals surface area contributed by atoms with Crippen molar-refractivity contribution in [1.82, 2.24) is 10.6 Å². The maximum atomic E-state index is 12.3. The maximum absolute atomic E-state index is 12.3. The molecule has 1 unspecified atom stereocenters. The number of carboxylic acid groups (broad SMARTS) is 1. The molecule has 0 saturated carbocycles. The summed E-state index contributed by atoms with van der Waals surface area (Å²) in [5.41, 5.74) is -0.313. The van der Waals surface area contributed by atoms with Crippen LogP contribution < -0.4 is 10.6 Å². The number of rotatable bonds is 7. The minimum atomic E-state index is -0.923. The molecule has 0 radical (unpaired) electrons. The van der Waals surface area contributed by atoms with Gasteiger partial charge in [0.1, 0.15) is 0 Å². The number of carbonyl (C=O) groups is 2. The molecule has 1 atom stereocenters. The zero-order valence-electron chi connectivity index (χ0n) is 11.7. The van der Waals surface area contributed by atoms with Crippen molar-refractivity contribution >= 4 is 11.9 Å². The molecule has 1 aliphatic rings. The first-order chi connectivity index (χ1) is 9.04. The van der Waals surface area contributed by atoms with E-state index in [2.05, 4.69) is 10.6 Å². The Bertz CT molecular complexity index is 314. The highest BCUT2D eigenvalue weighted by Gasteiger charge is 2.37. The fourth-order valence-corrected chi connectivity index (χ4v) is 2.47. The highest BCUT2D eigenvalue weighted by Crippen LogP contribution is 2.32. The number of carboxylic acids is 1. The van der Waals surface area contributed by atoms with Crippen LogP contribution in [0.5, 0.6) is 0 Å². The SMILES string of the molecule is CCC1(C(=O)NCC(CC(=O)O)OC)CCNCC1. The van der Waals surface area contributed by atoms with Crippen LogP contribution in [0.2, 0.25) is 0 Å². The van der Waals surface area contributed by atoms with Gasteiger partial charge in [-0.2, -0.15) is 0 Å². The lowest BCUT2D eigenvalue weighted by Crippen LogP contribution is -2.49. The van der Waals surface area contributed by atoms with Gasteiger partial charge in [0.15, 0.2) is 0 Å². The number of piperidine rings is 1. The van der Waals surface area contributed by atoms with E-state index in [0.717, 1.165) is 32.4 Å². The average Bonchev–Trinajstić information content (AvgIpc) is 2.43. The largest absolute Gasteiger partial charge is 0.481 e. The molecule has 19 heavy (non-hydrogen) atoms. The van der Waals surface area contributed by atoms with Crippen LogP contribution in [0.25, 0.3) is 0 Å². The molecule has 1 heterocycles. The summed E-state index contributed by atoms with van der Waals surface area (Å²) in [5, 5.41) is 14.8. The number of hydrogen-bond donors (Lipinski definition) is 3. The topological polar surface area (TPSA) is 87.7 Å². The molecule has 6 heteroatoms. The minimum Gasteiger partial charge on any atom is -0.481 e. The lowest BCUT2D eigenvalue weighted by atomic mass is 9.76. The molecule has 1 fully saturated rings. The second kappa shape index (κ2) is 7.45. The molecule has 0 aromatic heterocycles. The summed E-state index contributed by atoms with van der Waals surface area (Å²) in [6.07, 6.45) is 1.88. The Morgan fingerprint density at radius 3 is 2.53 bits per heavy atom. The summed E-state index contributed by atoms with van der Waals surface area (Å²) in [5.74, 6) is -0.905. The Kier molecular flexibility index (Phi) is 6.24. The molecule has 1 aliphatic heterocycles. The first-order valence-electron chi connectivity index (χ1n) is 6.77. The summed E-state index contributed by atoms with van der Waals surface area (Å²) in [6.45, 7) is 3.97. The predicted molar refractivity (Wildman–Crippen MR) is 70.9 cm³/mol. The van der Waals surface area contributed by atoms with Gasteiger partial charge in [-0.1, -0.05) is 6.92 Å². The van der Waals surface area contributed by atoms with Crippen molar-refractivity contribution < 1.29 is 19.4 Å². The van der Waals surface area contributed by atoms with E-state index in [0.29, 0.717) is 0 Å². The Hall–Kier alpha value is -1.14. The van der Waals surface area contributed by atoms with Crippen molar-refractivity contribution in [2.45, 2.75) is 38.7 Å². The molecule has 0 aromatic rings. The molecule has 0 aliphatic carbocycles. The van der Waals surface area contributed by atoms with Gasteiger partial charge in [-0.25, -0.2) is 0 Å². The minimum absolute atomic E-state index is 0.0175. The third kappa shape index (κ3) is 4.47. The first-order valence-corrected chi connectivity index (χ1v) is 6.77. The van der Waals surface area contributed by atoms with Crippen LogP contribution in [0.4, 0.5) is 0 Å². The molecular weight excluding hydrogens is 248 g/mol.